The predicted octanol–water partition coefficient (Wildman–Crippen LogP) is 4.01. The van der Waals surface area contributed by atoms with Gasteiger partial charge in [0, 0.05) is 11.6 Å². The van der Waals surface area contributed by atoms with Crippen LogP contribution in [0.2, 0.25) is 5.02 Å². The molecule has 0 aromatic heterocycles. The Labute approximate surface area is 140 Å². The maximum atomic E-state index is 12.4. The third-order valence-corrected chi connectivity index (χ3v) is 3.44. The largest absolute Gasteiger partial charge is 0.497 e. The lowest BCUT2D eigenvalue weighted by molar-refractivity contribution is 0.102. The molecule has 0 saturated heterocycles. The van der Waals surface area contributed by atoms with Gasteiger partial charge in [0.2, 0.25) is 0 Å². The summed E-state index contributed by atoms with van der Waals surface area (Å²) in [5.41, 5.74) is 0.935. The van der Waals surface area contributed by atoms with E-state index in [0.29, 0.717) is 40.1 Å². The molecule has 0 bridgehead atoms. The summed E-state index contributed by atoms with van der Waals surface area (Å²) in [6.07, 6.45) is 0. The molecule has 2 aromatic carbocycles. The zero-order valence-electron chi connectivity index (χ0n) is 13.2. The highest BCUT2D eigenvalue weighted by molar-refractivity contribution is 6.32. The summed E-state index contributed by atoms with van der Waals surface area (Å²) in [6.45, 7) is 2.37. The zero-order chi connectivity index (χ0) is 16.8. The number of carbonyl (C=O) groups is 1. The van der Waals surface area contributed by atoms with Crippen molar-refractivity contribution in [2.75, 3.05) is 26.1 Å². The second kappa shape index (κ2) is 7.74. The normalized spacial score (nSPS) is 10.1. The molecule has 0 heterocycles. The Morgan fingerprint density at radius 2 is 1.83 bits per heavy atom. The Morgan fingerprint density at radius 1 is 1.09 bits per heavy atom. The highest BCUT2D eigenvalue weighted by atomic mass is 35.5. The van der Waals surface area contributed by atoms with Gasteiger partial charge in [-0.2, -0.15) is 0 Å². The van der Waals surface area contributed by atoms with Crippen LogP contribution in [0.25, 0.3) is 0 Å². The minimum absolute atomic E-state index is 0.304. The number of anilines is 1. The molecule has 1 amide bonds. The van der Waals surface area contributed by atoms with Gasteiger partial charge in [-0.05, 0) is 37.3 Å². The Balaban J connectivity index is 2.23. The lowest BCUT2D eigenvalue weighted by Crippen LogP contribution is -2.13. The zero-order valence-corrected chi connectivity index (χ0v) is 13.9. The van der Waals surface area contributed by atoms with Crippen LogP contribution in [0.3, 0.4) is 0 Å². The highest BCUT2D eigenvalue weighted by Crippen LogP contribution is 2.30. The third-order valence-electron chi connectivity index (χ3n) is 3.15. The number of methoxy groups -OCH3 is 2. The lowest BCUT2D eigenvalue weighted by atomic mass is 10.2. The fourth-order valence-electron chi connectivity index (χ4n) is 2.02. The first kappa shape index (κ1) is 17.0. The van der Waals surface area contributed by atoms with Gasteiger partial charge < -0.3 is 19.5 Å². The molecule has 0 unspecified atom stereocenters. The van der Waals surface area contributed by atoms with E-state index in [1.165, 1.54) is 7.11 Å². The van der Waals surface area contributed by atoms with Crippen LogP contribution in [0.4, 0.5) is 5.69 Å². The van der Waals surface area contributed by atoms with Gasteiger partial charge in [-0.15, -0.1) is 0 Å². The number of hydrogen-bond donors (Lipinski definition) is 1. The average Bonchev–Trinajstić information content (AvgIpc) is 2.56. The van der Waals surface area contributed by atoms with Gasteiger partial charge in [-0.3, -0.25) is 4.79 Å². The Hall–Kier alpha value is -2.40. The second-order valence-electron chi connectivity index (χ2n) is 4.60. The second-order valence-corrected chi connectivity index (χ2v) is 5.01. The monoisotopic (exact) mass is 335 g/mol. The standard InChI is InChI=1S/C17H18ClNO4/c1-4-23-15-7-5-11(9-13(15)18)17(20)19-14-10-12(21-2)6-8-16(14)22-3/h5-10H,4H2,1-3H3,(H,19,20). The lowest BCUT2D eigenvalue weighted by Gasteiger charge is -2.12. The fourth-order valence-corrected chi connectivity index (χ4v) is 2.26. The summed E-state index contributed by atoms with van der Waals surface area (Å²) < 4.78 is 15.8. The van der Waals surface area contributed by atoms with E-state index in [1.807, 2.05) is 6.92 Å². The smallest absolute Gasteiger partial charge is 0.255 e. The van der Waals surface area contributed by atoms with E-state index < -0.39 is 0 Å². The van der Waals surface area contributed by atoms with Gasteiger partial charge in [0.1, 0.15) is 17.2 Å². The number of ether oxygens (including phenoxy) is 3. The highest BCUT2D eigenvalue weighted by Gasteiger charge is 2.13. The summed E-state index contributed by atoms with van der Waals surface area (Å²) in [4.78, 5) is 12.4. The van der Waals surface area contributed by atoms with Crippen LogP contribution < -0.4 is 19.5 Å². The molecule has 0 aliphatic rings. The van der Waals surface area contributed by atoms with Gasteiger partial charge >= 0.3 is 0 Å². The molecular weight excluding hydrogens is 318 g/mol. The number of nitrogens with one attached hydrogen (secondary N) is 1. The van der Waals surface area contributed by atoms with Gasteiger partial charge in [0.15, 0.2) is 0 Å². The Bertz CT molecular complexity index is 703. The topological polar surface area (TPSA) is 56.8 Å². The van der Waals surface area contributed by atoms with Crippen LogP contribution in [0.15, 0.2) is 36.4 Å². The summed E-state index contributed by atoms with van der Waals surface area (Å²) in [5.74, 6) is 1.40. The van der Waals surface area contributed by atoms with Crippen LogP contribution in [-0.2, 0) is 0 Å². The minimum Gasteiger partial charge on any atom is -0.497 e. The van der Waals surface area contributed by atoms with E-state index in [9.17, 15) is 4.79 Å². The van der Waals surface area contributed by atoms with Crippen molar-refractivity contribution in [1.29, 1.82) is 0 Å². The summed E-state index contributed by atoms with van der Waals surface area (Å²) in [5, 5.41) is 3.17. The van der Waals surface area contributed by atoms with E-state index in [1.54, 1.807) is 43.5 Å². The molecule has 2 aromatic rings. The SMILES string of the molecule is CCOc1ccc(C(=O)Nc2cc(OC)ccc2OC)cc1Cl. The van der Waals surface area contributed by atoms with Crippen LogP contribution in [0.5, 0.6) is 17.2 Å². The summed E-state index contributed by atoms with van der Waals surface area (Å²) >= 11 is 6.11. The average molecular weight is 336 g/mol. The van der Waals surface area contributed by atoms with Gasteiger partial charge in [-0.25, -0.2) is 0 Å². The molecule has 0 atom stereocenters. The van der Waals surface area contributed by atoms with Crippen molar-refractivity contribution in [2.24, 2.45) is 0 Å². The molecule has 23 heavy (non-hydrogen) atoms. The van der Waals surface area contributed by atoms with E-state index >= 15 is 0 Å². The molecular formula is C17H18ClNO4. The Morgan fingerprint density at radius 3 is 2.43 bits per heavy atom. The number of halogens is 1. The third kappa shape index (κ3) is 4.07. The van der Waals surface area contributed by atoms with Crippen molar-refractivity contribution >= 4 is 23.2 Å². The van der Waals surface area contributed by atoms with E-state index in [-0.39, 0.29) is 5.91 Å². The molecule has 0 aliphatic carbocycles. The van der Waals surface area contributed by atoms with Crippen molar-refractivity contribution in [1.82, 2.24) is 0 Å². The van der Waals surface area contributed by atoms with Gasteiger partial charge in [0.05, 0.1) is 31.5 Å². The minimum atomic E-state index is -0.304. The fraction of sp³-hybridized carbons (Fsp3) is 0.235. The molecule has 1 N–H and O–H groups in total. The molecule has 122 valence electrons. The maximum absolute atomic E-state index is 12.4. The van der Waals surface area contributed by atoms with Crippen LogP contribution in [-0.4, -0.2) is 26.7 Å². The van der Waals surface area contributed by atoms with Crippen molar-refractivity contribution in [3.63, 3.8) is 0 Å². The van der Waals surface area contributed by atoms with Gasteiger partial charge in [-0.1, -0.05) is 11.6 Å². The van der Waals surface area contributed by atoms with E-state index in [4.69, 9.17) is 25.8 Å². The Kier molecular flexibility index (Phi) is 5.71. The van der Waals surface area contributed by atoms with Gasteiger partial charge in [0.25, 0.3) is 5.91 Å². The first-order chi connectivity index (χ1) is 11.1. The predicted molar refractivity (Wildman–Crippen MR) is 90.1 cm³/mol. The number of carbonyl (C=O) groups excluding carboxylic acids is 1. The van der Waals surface area contributed by atoms with Crippen LogP contribution in [0, 0.1) is 0 Å². The first-order valence-corrected chi connectivity index (χ1v) is 7.42. The van der Waals surface area contributed by atoms with E-state index in [0.717, 1.165) is 0 Å². The van der Waals surface area contributed by atoms with Crippen molar-refractivity contribution in [3.05, 3.63) is 47.0 Å². The molecule has 0 fully saturated rings. The molecule has 6 heteroatoms. The number of benzene rings is 2. The van der Waals surface area contributed by atoms with Crippen molar-refractivity contribution in [2.45, 2.75) is 6.92 Å². The molecule has 0 radical (unpaired) electrons. The van der Waals surface area contributed by atoms with Crippen molar-refractivity contribution in [3.8, 4) is 17.2 Å². The quantitative estimate of drug-likeness (QED) is 0.866. The molecule has 0 spiro atoms. The van der Waals surface area contributed by atoms with Crippen molar-refractivity contribution < 1.29 is 19.0 Å². The number of amides is 1. The first-order valence-electron chi connectivity index (χ1n) is 7.04. The molecule has 5 nitrogen and oxygen atoms in total. The number of rotatable bonds is 6. The summed E-state index contributed by atoms with van der Waals surface area (Å²) in [6, 6.07) is 10.0. The van der Waals surface area contributed by atoms with Crippen LogP contribution in [0.1, 0.15) is 17.3 Å². The number of hydrogen-bond acceptors (Lipinski definition) is 4. The maximum Gasteiger partial charge on any atom is 0.255 e. The van der Waals surface area contributed by atoms with Crippen LogP contribution >= 0.6 is 11.6 Å². The molecule has 2 rings (SSSR count). The summed E-state index contributed by atoms with van der Waals surface area (Å²) in [7, 11) is 3.09. The van der Waals surface area contributed by atoms with E-state index in [2.05, 4.69) is 5.32 Å². The molecule has 0 saturated carbocycles. The molecule has 0 aliphatic heterocycles.